The second kappa shape index (κ2) is 11.8. The molecule has 2 aliphatic carbocycles. The molecule has 6 heteroatoms. The molecule has 2 fully saturated rings. The van der Waals surface area contributed by atoms with Crippen molar-refractivity contribution >= 4 is 12.1 Å². The number of hydrogen-bond donors (Lipinski definition) is 2. The van der Waals surface area contributed by atoms with E-state index in [1.807, 2.05) is 23.6 Å². The maximum absolute atomic E-state index is 12.7. The van der Waals surface area contributed by atoms with Gasteiger partial charge in [0.05, 0.1) is 0 Å². The van der Waals surface area contributed by atoms with E-state index in [0.29, 0.717) is 12.1 Å². The molecule has 4 amide bonds. The Morgan fingerprint density at radius 3 is 1.18 bits per heavy atom. The SMILES string of the molecule is CCN(C(=O)NC1CCC(CC2CCC(NC(=O)N(CC)C(C)(C)C)CC2)CC1)C(C)(C)C. The first-order chi connectivity index (χ1) is 15.3. The first kappa shape index (κ1) is 27.8. The minimum atomic E-state index is -0.143. The van der Waals surface area contributed by atoms with Crippen LogP contribution < -0.4 is 10.6 Å². The fourth-order valence-corrected chi connectivity index (χ4v) is 5.91. The third kappa shape index (κ3) is 8.36. The molecule has 0 saturated heterocycles. The summed E-state index contributed by atoms with van der Waals surface area (Å²) >= 11 is 0. The van der Waals surface area contributed by atoms with Gasteiger partial charge in [-0.3, -0.25) is 0 Å². The molecule has 0 spiro atoms. The molecule has 2 rings (SSSR count). The van der Waals surface area contributed by atoms with Gasteiger partial charge in [0.2, 0.25) is 0 Å². The Bertz CT molecular complexity index is 567. The van der Waals surface area contributed by atoms with Crippen LogP contribution in [-0.4, -0.2) is 58.1 Å². The lowest BCUT2D eigenvalue weighted by atomic mass is 9.75. The standard InChI is InChI=1S/C27H52N4O2/c1-9-30(26(3,4)5)24(32)28-22-15-11-20(12-16-22)19-21-13-17-23(18-14-21)29-25(33)31(10-2)27(6,7)8/h20-23H,9-19H2,1-8H3,(H,28,32)(H,29,33). The Kier molecular flexibility index (Phi) is 9.93. The largest absolute Gasteiger partial charge is 0.335 e. The molecule has 0 aromatic rings. The van der Waals surface area contributed by atoms with Crippen molar-refractivity contribution in [2.24, 2.45) is 11.8 Å². The molecular weight excluding hydrogens is 412 g/mol. The van der Waals surface area contributed by atoms with Gasteiger partial charge in [0, 0.05) is 36.3 Å². The van der Waals surface area contributed by atoms with E-state index in [0.717, 1.165) is 50.6 Å². The second-order valence-corrected chi connectivity index (χ2v) is 12.4. The van der Waals surface area contributed by atoms with Crippen molar-refractivity contribution < 1.29 is 9.59 Å². The topological polar surface area (TPSA) is 64.7 Å². The summed E-state index contributed by atoms with van der Waals surface area (Å²) in [5, 5.41) is 6.58. The van der Waals surface area contributed by atoms with Gasteiger partial charge in [-0.1, -0.05) is 0 Å². The van der Waals surface area contributed by atoms with Crippen LogP contribution >= 0.6 is 0 Å². The van der Waals surface area contributed by atoms with Crippen LogP contribution in [0.25, 0.3) is 0 Å². The lowest BCUT2D eigenvalue weighted by molar-refractivity contribution is 0.138. The normalized spacial score (nSPS) is 26.4. The molecule has 33 heavy (non-hydrogen) atoms. The minimum absolute atomic E-state index is 0.0851. The Morgan fingerprint density at radius 1 is 0.636 bits per heavy atom. The quantitative estimate of drug-likeness (QED) is 0.495. The molecule has 0 atom stereocenters. The minimum Gasteiger partial charge on any atom is -0.335 e. The zero-order valence-corrected chi connectivity index (χ0v) is 22.8. The fourth-order valence-electron chi connectivity index (χ4n) is 5.91. The van der Waals surface area contributed by atoms with Crippen molar-refractivity contribution in [2.45, 2.75) is 136 Å². The highest BCUT2D eigenvalue weighted by molar-refractivity contribution is 5.75. The summed E-state index contributed by atoms with van der Waals surface area (Å²) in [5.41, 5.74) is -0.286. The lowest BCUT2D eigenvalue weighted by Crippen LogP contribution is -2.53. The molecule has 0 radical (unpaired) electrons. The second-order valence-electron chi connectivity index (χ2n) is 12.4. The first-order valence-electron chi connectivity index (χ1n) is 13.5. The molecule has 0 unspecified atom stereocenters. The number of hydrogen-bond acceptors (Lipinski definition) is 2. The highest BCUT2D eigenvalue weighted by atomic mass is 16.2. The van der Waals surface area contributed by atoms with Crippen molar-refractivity contribution in [3.05, 3.63) is 0 Å². The molecule has 2 aliphatic rings. The fraction of sp³-hybridized carbons (Fsp3) is 0.926. The van der Waals surface area contributed by atoms with E-state index in [-0.39, 0.29) is 23.1 Å². The number of nitrogens with one attached hydrogen (secondary N) is 2. The maximum atomic E-state index is 12.7. The zero-order chi connectivity index (χ0) is 24.8. The van der Waals surface area contributed by atoms with E-state index >= 15 is 0 Å². The third-order valence-electron chi connectivity index (χ3n) is 7.76. The summed E-state index contributed by atoms with van der Waals surface area (Å²) in [6, 6.07) is 0.810. The van der Waals surface area contributed by atoms with Gasteiger partial charge in [0.25, 0.3) is 0 Å². The summed E-state index contributed by atoms with van der Waals surface area (Å²) in [5.74, 6) is 1.58. The molecule has 0 bridgehead atoms. The van der Waals surface area contributed by atoms with Gasteiger partial charge in [0.15, 0.2) is 0 Å². The summed E-state index contributed by atoms with van der Waals surface area (Å²) in [6.45, 7) is 18.1. The molecular formula is C27H52N4O2. The van der Waals surface area contributed by atoms with E-state index in [2.05, 4.69) is 52.2 Å². The van der Waals surface area contributed by atoms with Crippen LogP contribution in [0.5, 0.6) is 0 Å². The van der Waals surface area contributed by atoms with Crippen molar-refractivity contribution in [3.63, 3.8) is 0 Å². The van der Waals surface area contributed by atoms with E-state index in [4.69, 9.17) is 0 Å². The molecule has 0 aliphatic heterocycles. The number of urea groups is 2. The molecule has 0 aromatic heterocycles. The van der Waals surface area contributed by atoms with Crippen molar-refractivity contribution in [1.82, 2.24) is 20.4 Å². The predicted octanol–water partition coefficient (Wildman–Crippen LogP) is 6.15. The maximum Gasteiger partial charge on any atom is 0.318 e. The molecule has 192 valence electrons. The number of rotatable bonds is 6. The van der Waals surface area contributed by atoms with E-state index < -0.39 is 0 Å². The van der Waals surface area contributed by atoms with Gasteiger partial charge >= 0.3 is 12.1 Å². The Morgan fingerprint density at radius 2 is 0.939 bits per heavy atom. The average Bonchev–Trinajstić information content (AvgIpc) is 2.69. The van der Waals surface area contributed by atoms with Crippen molar-refractivity contribution in [3.8, 4) is 0 Å². The van der Waals surface area contributed by atoms with Crippen molar-refractivity contribution in [1.29, 1.82) is 0 Å². The predicted molar refractivity (Wildman–Crippen MR) is 137 cm³/mol. The number of carbonyl (C=O) groups is 2. The number of carbonyl (C=O) groups excluding carboxylic acids is 2. The van der Waals surface area contributed by atoms with Crippen LogP contribution in [0, 0.1) is 11.8 Å². The number of amides is 4. The summed E-state index contributed by atoms with van der Waals surface area (Å²) in [7, 11) is 0. The Balaban J connectivity index is 1.70. The van der Waals surface area contributed by atoms with Gasteiger partial charge < -0.3 is 20.4 Å². The monoisotopic (exact) mass is 464 g/mol. The highest BCUT2D eigenvalue weighted by Crippen LogP contribution is 2.35. The van der Waals surface area contributed by atoms with E-state index in [9.17, 15) is 9.59 Å². The molecule has 0 heterocycles. The van der Waals surface area contributed by atoms with E-state index in [1.54, 1.807) is 0 Å². The van der Waals surface area contributed by atoms with Crippen LogP contribution in [0.1, 0.15) is 113 Å². The zero-order valence-electron chi connectivity index (χ0n) is 22.8. The van der Waals surface area contributed by atoms with Crippen LogP contribution in [0.4, 0.5) is 9.59 Å². The van der Waals surface area contributed by atoms with Gasteiger partial charge in [-0.25, -0.2) is 9.59 Å². The van der Waals surface area contributed by atoms with E-state index in [1.165, 1.54) is 32.1 Å². The van der Waals surface area contributed by atoms with Gasteiger partial charge in [0.1, 0.15) is 0 Å². The van der Waals surface area contributed by atoms with Crippen LogP contribution in [0.2, 0.25) is 0 Å². The van der Waals surface area contributed by atoms with Gasteiger partial charge in [-0.15, -0.1) is 0 Å². The van der Waals surface area contributed by atoms with Gasteiger partial charge in [-0.2, -0.15) is 0 Å². The summed E-state index contributed by atoms with van der Waals surface area (Å²) < 4.78 is 0. The summed E-state index contributed by atoms with van der Waals surface area (Å²) in [4.78, 5) is 29.2. The highest BCUT2D eigenvalue weighted by Gasteiger charge is 2.31. The smallest absolute Gasteiger partial charge is 0.318 e. The molecule has 2 saturated carbocycles. The van der Waals surface area contributed by atoms with Crippen LogP contribution in [0.15, 0.2) is 0 Å². The number of nitrogens with zero attached hydrogens (tertiary/aromatic N) is 2. The average molecular weight is 465 g/mol. The molecule has 0 aromatic carbocycles. The van der Waals surface area contributed by atoms with Crippen molar-refractivity contribution in [2.75, 3.05) is 13.1 Å². The first-order valence-corrected chi connectivity index (χ1v) is 13.5. The van der Waals surface area contributed by atoms with Gasteiger partial charge in [-0.05, 0) is 125 Å². The van der Waals surface area contributed by atoms with Crippen LogP contribution in [-0.2, 0) is 0 Å². The molecule has 6 nitrogen and oxygen atoms in total. The van der Waals surface area contributed by atoms with Crippen LogP contribution in [0.3, 0.4) is 0 Å². The Hall–Kier alpha value is -1.46. The third-order valence-corrected chi connectivity index (χ3v) is 7.76. The molecule has 2 N–H and O–H groups in total. The summed E-state index contributed by atoms with van der Waals surface area (Å²) in [6.07, 6.45) is 10.6. The lowest BCUT2D eigenvalue weighted by Gasteiger charge is -2.39. The Labute approximate surface area is 203 Å².